The highest BCUT2D eigenvalue weighted by Gasteiger charge is 2.30. The highest BCUT2D eigenvalue weighted by atomic mass is 79.9. The van der Waals surface area contributed by atoms with Crippen LogP contribution in [0.3, 0.4) is 0 Å². The van der Waals surface area contributed by atoms with Gasteiger partial charge in [-0.3, -0.25) is 0 Å². The summed E-state index contributed by atoms with van der Waals surface area (Å²) in [6, 6.07) is 8.30. The van der Waals surface area contributed by atoms with Crippen molar-refractivity contribution in [2.75, 3.05) is 11.4 Å². The van der Waals surface area contributed by atoms with Crippen LogP contribution in [0.15, 0.2) is 39.9 Å². The monoisotopic (exact) mass is 626 g/mol. The van der Waals surface area contributed by atoms with Crippen molar-refractivity contribution in [3.8, 4) is 16.9 Å². The first-order valence-electron chi connectivity index (χ1n) is 13.7. The molecule has 0 amide bonds. The average Bonchev–Trinajstić information content (AvgIpc) is 2.90. The van der Waals surface area contributed by atoms with Crippen molar-refractivity contribution < 1.29 is 4.39 Å². The number of benzene rings is 1. The smallest absolute Gasteiger partial charge is 0.353 e. The van der Waals surface area contributed by atoms with Crippen molar-refractivity contribution in [2.24, 2.45) is 5.92 Å². The number of fused-ring (bicyclic) bond motifs is 1. The second-order valence-electron chi connectivity index (χ2n) is 11.3. The van der Waals surface area contributed by atoms with Gasteiger partial charge in [0.1, 0.15) is 11.6 Å². The zero-order valence-corrected chi connectivity index (χ0v) is 25.9. The van der Waals surface area contributed by atoms with Gasteiger partial charge in [0.15, 0.2) is 10.4 Å². The van der Waals surface area contributed by atoms with Crippen molar-refractivity contribution in [3.05, 3.63) is 67.8 Å². The minimum absolute atomic E-state index is 0.0327. The van der Waals surface area contributed by atoms with Crippen LogP contribution in [0.4, 0.5) is 10.2 Å². The zero-order chi connectivity index (χ0) is 28.9. The number of aromatic nitrogens is 5. The predicted molar refractivity (Wildman–Crippen MR) is 162 cm³/mol. The molecule has 0 saturated carbocycles. The van der Waals surface area contributed by atoms with Gasteiger partial charge < -0.3 is 4.90 Å². The molecule has 210 valence electrons. The normalized spacial score (nSPS) is 17.8. The lowest BCUT2D eigenvalue weighted by Gasteiger charge is -2.38. The fourth-order valence-corrected chi connectivity index (χ4v) is 6.08. The summed E-state index contributed by atoms with van der Waals surface area (Å²) in [6.07, 6.45) is 2.09. The number of hydrogen-bond donors (Lipinski definition) is 0. The van der Waals surface area contributed by atoms with Crippen LogP contribution in [0.1, 0.15) is 77.6 Å². The molecule has 4 aromatic rings. The molecule has 1 aromatic carbocycles. The molecule has 2 atom stereocenters. The molecule has 40 heavy (non-hydrogen) atoms. The summed E-state index contributed by atoms with van der Waals surface area (Å²) >= 11 is 10.3. The number of anilines is 1. The van der Waals surface area contributed by atoms with Gasteiger partial charge in [0.05, 0.1) is 33.2 Å². The van der Waals surface area contributed by atoms with Crippen molar-refractivity contribution in [1.29, 1.82) is 0 Å². The number of rotatable bonds is 5. The van der Waals surface area contributed by atoms with Crippen LogP contribution >= 0.6 is 27.5 Å². The molecule has 4 heterocycles. The molecule has 7 nitrogen and oxygen atoms in total. The molecular formula is C30H33BrClFN6O. The Labute approximate surface area is 247 Å². The predicted octanol–water partition coefficient (Wildman–Crippen LogP) is 7.66. The molecule has 1 aliphatic heterocycles. The lowest BCUT2D eigenvalue weighted by atomic mass is 9.95. The highest BCUT2D eigenvalue weighted by molar-refractivity contribution is 9.10. The van der Waals surface area contributed by atoms with E-state index in [4.69, 9.17) is 16.6 Å². The second kappa shape index (κ2) is 11.2. The Bertz CT molecular complexity index is 1630. The molecule has 3 aromatic heterocycles. The van der Waals surface area contributed by atoms with E-state index in [-0.39, 0.29) is 34.2 Å². The van der Waals surface area contributed by atoms with Gasteiger partial charge in [0, 0.05) is 18.2 Å². The van der Waals surface area contributed by atoms with Crippen LogP contribution in [0, 0.1) is 11.7 Å². The lowest BCUT2D eigenvalue weighted by molar-refractivity contribution is 0.388. The van der Waals surface area contributed by atoms with Crippen molar-refractivity contribution in [2.45, 2.75) is 72.3 Å². The molecule has 10 heteroatoms. The summed E-state index contributed by atoms with van der Waals surface area (Å²) in [6.45, 7) is 13.2. The minimum atomic E-state index is -0.489. The standard InChI is InChI=1S/C30H33BrClFN6O/c1-15(2)23-26(24(16(3)4)36-29(31)35-23)39-28-20(13-21(32)25(34-28)19-9-7-8-10-22(19)33)27(37-30(39)40)38-14-17(5)11-12-18(38)6/h7-10,13,15-18H,11-12,14H2,1-6H3/t17-,18-/m0/s1. The summed E-state index contributed by atoms with van der Waals surface area (Å²) in [4.78, 5) is 35.3. The van der Waals surface area contributed by atoms with E-state index in [0.717, 1.165) is 19.4 Å². The van der Waals surface area contributed by atoms with Crippen molar-refractivity contribution >= 4 is 44.4 Å². The molecule has 0 bridgehead atoms. The van der Waals surface area contributed by atoms with Gasteiger partial charge in [-0.2, -0.15) is 4.98 Å². The topological polar surface area (TPSA) is 76.8 Å². The van der Waals surface area contributed by atoms with Gasteiger partial charge in [-0.1, -0.05) is 58.4 Å². The van der Waals surface area contributed by atoms with Crippen LogP contribution in [0.2, 0.25) is 5.02 Å². The Morgan fingerprint density at radius 1 is 1.00 bits per heavy atom. The Hall–Kier alpha value is -2.91. The fourth-order valence-electron chi connectivity index (χ4n) is 5.45. The summed E-state index contributed by atoms with van der Waals surface area (Å²) < 4.78 is 16.9. The SMILES string of the molecule is CC(C)c1nc(Br)nc(C(C)C)c1-n1c(=O)nc(N2C[C@@H](C)CC[C@@H]2C)c2cc(Cl)c(-c3ccccc3F)nc21. The first-order valence-corrected chi connectivity index (χ1v) is 14.9. The lowest BCUT2D eigenvalue weighted by Crippen LogP contribution is -2.43. The van der Waals surface area contributed by atoms with Gasteiger partial charge in [-0.25, -0.2) is 28.7 Å². The van der Waals surface area contributed by atoms with E-state index < -0.39 is 11.5 Å². The molecule has 5 rings (SSSR count). The summed E-state index contributed by atoms with van der Waals surface area (Å²) in [5, 5.41) is 0.904. The van der Waals surface area contributed by atoms with Gasteiger partial charge in [-0.15, -0.1) is 0 Å². The van der Waals surface area contributed by atoms with Gasteiger partial charge in [-0.05, 0) is 71.6 Å². The van der Waals surface area contributed by atoms with Gasteiger partial charge in [0.25, 0.3) is 0 Å². The number of pyridine rings is 1. The Morgan fingerprint density at radius 3 is 2.27 bits per heavy atom. The average molecular weight is 628 g/mol. The van der Waals surface area contributed by atoms with E-state index in [2.05, 4.69) is 49.6 Å². The van der Waals surface area contributed by atoms with Crippen LogP contribution in [0.5, 0.6) is 0 Å². The quantitative estimate of drug-likeness (QED) is 0.212. The van der Waals surface area contributed by atoms with E-state index >= 15 is 0 Å². The van der Waals surface area contributed by atoms with E-state index in [1.54, 1.807) is 24.3 Å². The third-order valence-electron chi connectivity index (χ3n) is 7.55. The Balaban J connectivity index is 1.94. The van der Waals surface area contributed by atoms with Gasteiger partial charge >= 0.3 is 5.69 Å². The van der Waals surface area contributed by atoms with Crippen LogP contribution in [0.25, 0.3) is 28.0 Å². The largest absolute Gasteiger partial charge is 0.355 e. The number of hydrogen-bond acceptors (Lipinski definition) is 6. The Morgan fingerprint density at radius 2 is 1.65 bits per heavy atom. The fraction of sp³-hybridized carbons (Fsp3) is 0.433. The number of nitrogens with zero attached hydrogens (tertiary/aromatic N) is 6. The third kappa shape index (κ3) is 5.14. The molecule has 0 unspecified atom stereocenters. The minimum Gasteiger partial charge on any atom is -0.353 e. The van der Waals surface area contributed by atoms with Crippen LogP contribution in [-0.4, -0.2) is 37.1 Å². The van der Waals surface area contributed by atoms with E-state index in [1.807, 2.05) is 27.7 Å². The maximum atomic E-state index is 15.0. The molecule has 1 fully saturated rings. The number of piperidine rings is 1. The first kappa shape index (κ1) is 28.6. The second-order valence-corrected chi connectivity index (χ2v) is 12.4. The molecule has 1 aliphatic rings. The molecule has 0 aliphatic carbocycles. The van der Waals surface area contributed by atoms with E-state index in [1.165, 1.54) is 10.6 Å². The maximum absolute atomic E-state index is 15.0. The van der Waals surface area contributed by atoms with Crippen molar-refractivity contribution in [3.63, 3.8) is 0 Å². The molecule has 0 radical (unpaired) electrons. The summed E-state index contributed by atoms with van der Waals surface area (Å²) in [5.74, 6) is 0.469. The molecule has 0 N–H and O–H groups in total. The molecule has 1 saturated heterocycles. The van der Waals surface area contributed by atoms with E-state index in [0.29, 0.717) is 44.6 Å². The van der Waals surface area contributed by atoms with E-state index in [9.17, 15) is 9.18 Å². The third-order valence-corrected chi connectivity index (χ3v) is 8.19. The van der Waals surface area contributed by atoms with Crippen molar-refractivity contribution in [1.82, 2.24) is 24.5 Å². The summed E-state index contributed by atoms with van der Waals surface area (Å²) in [7, 11) is 0. The Kier molecular flexibility index (Phi) is 7.99. The molecule has 0 spiro atoms. The van der Waals surface area contributed by atoms with Crippen LogP contribution < -0.4 is 10.6 Å². The molecular weight excluding hydrogens is 595 g/mol. The number of halogens is 3. The first-order chi connectivity index (χ1) is 19.0. The van der Waals surface area contributed by atoms with Crippen LogP contribution in [-0.2, 0) is 0 Å². The summed E-state index contributed by atoms with van der Waals surface area (Å²) in [5.41, 5.74) is 2.30. The highest BCUT2D eigenvalue weighted by Crippen LogP contribution is 2.38. The maximum Gasteiger partial charge on any atom is 0.355 e. The van der Waals surface area contributed by atoms with Gasteiger partial charge in [0.2, 0.25) is 0 Å². The zero-order valence-electron chi connectivity index (χ0n) is 23.5.